The van der Waals surface area contributed by atoms with Crippen LogP contribution in [0, 0.1) is 0 Å². The Labute approximate surface area is 189 Å². The first-order chi connectivity index (χ1) is 16.0. The summed E-state index contributed by atoms with van der Waals surface area (Å²) in [5.74, 6) is 1.30. The van der Waals surface area contributed by atoms with E-state index >= 15 is 0 Å². The third kappa shape index (κ3) is 3.73. The van der Waals surface area contributed by atoms with Crippen molar-refractivity contribution in [3.63, 3.8) is 0 Å². The second-order valence-electron chi connectivity index (χ2n) is 7.44. The van der Waals surface area contributed by atoms with Gasteiger partial charge in [0.1, 0.15) is 23.2 Å². The second-order valence-corrected chi connectivity index (χ2v) is 7.44. The minimum absolute atomic E-state index is 0.293. The highest BCUT2D eigenvalue weighted by Gasteiger charge is 2.22. The topological polar surface area (TPSA) is 119 Å². The van der Waals surface area contributed by atoms with E-state index in [9.17, 15) is 0 Å². The molecule has 11 heteroatoms. The maximum atomic E-state index is 6.10. The van der Waals surface area contributed by atoms with Gasteiger partial charge in [-0.1, -0.05) is 30.3 Å². The smallest absolute Gasteiger partial charge is 0.258 e. The summed E-state index contributed by atoms with van der Waals surface area (Å²) in [6.45, 7) is 1.84. The molecule has 0 radical (unpaired) electrons. The van der Waals surface area contributed by atoms with Gasteiger partial charge in [0.25, 0.3) is 5.88 Å². The van der Waals surface area contributed by atoms with Gasteiger partial charge in [-0.05, 0) is 17.4 Å². The largest absolute Gasteiger partial charge is 0.491 e. The Bertz CT molecular complexity index is 1430. The first-order valence-electron chi connectivity index (χ1n) is 10.2. The molecule has 0 unspecified atom stereocenters. The minimum Gasteiger partial charge on any atom is -0.491 e. The van der Waals surface area contributed by atoms with E-state index in [1.54, 1.807) is 29.6 Å². The monoisotopic (exact) mass is 443 g/mol. The van der Waals surface area contributed by atoms with Crippen LogP contribution in [-0.4, -0.2) is 52.0 Å². The minimum atomic E-state index is -0.463. The molecule has 0 aliphatic carbocycles. The molecule has 0 aliphatic heterocycles. The number of methoxy groups -OCH3 is 1. The molecule has 0 aliphatic rings. The van der Waals surface area contributed by atoms with E-state index < -0.39 is 6.10 Å². The van der Waals surface area contributed by atoms with Crippen LogP contribution in [0.5, 0.6) is 11.6 Å². The average Bonchev–Trinajstić information content (AvgIpc) is 3.44. The predicted molar refractivity (Wildman–Crippen MR) is 119 cm³/mol. The SMILES string of the molecule is COc1cc2ncnc(-c3cn(C)nc3-c3ccccc3)c2nc1O[C@H](C)c1nnnn1C. The Morgan fingerprint density at radius 2 is 1.85 bits per heavy atom. The lowest BCUT2D eigenvalue weighted by Gasteiger charge is -2.15. The molecule has 1 atom stereocenters. The van der Waals surface area contributed by atoms with Crippen LogP contribution >= 0.6 is 0 Å². The zero-order valence-electron chi connectivity index (χ0n) is 18.5. The maximum Gasteiger partial charge on any atom is 0.258 e. The van der Waals surface area contributed by atoms with Gasteiger partial charge in [0.05, 0.1) is 12.6 Å². The van der Waals surface area contributed by atoms with E-state index in [1.807, 2.05) is 50.5 Å². The quantitative estimate of drug-likeness (QED) is 0.390. The lowest BCUT2D eigenvalue weighted by molar-refractivity contribution is 0.193. The maximum absolute atomic E-state index is 6.10. The fourth-order valence-corrected chi connectivity index (χ4v) is 3.65. The van der Waals surface area contributed by atoms with Crippen LogP contribution in [0.1, 0.15) is 18.9 Å². The van der Waals surface area contributed by atoms with E-state index in [4.69, 9.17) is 14.5 Å². The summed E-state index contributed by atoms with van der Waals surface area (Å²) in [7, 11) is 5.18. The van der Waals surface area contributed by atoms with Gasteiger partial charge < -0.3 is 9.47 Å². The van der Waals surface area contributed by atoms with Crippen molar-refractivity contribution >= 4 is 11.0 Å². The molecule has 1 aromatic carbocycles. The van der Waals surface area contributed by atoms with Crippen molar-refractivity contribution in [1.29, 1.82) is 0 Å². The highest BCUT2D eigenvalue weighted by Crippen LogP contribution is 2.37. The lowest BCUT2D eigenvalue weighted by Crippen LogP contribution is -2.11. The molecule has 0 spiro atoms. The summed E-state index contributed by atoms with van der Waals surface area (Å²) in [4.78, 5) is 13.7. The fourth-order valence-electron chi connectivity index (χ4n) is 3.65. The number of rotatable bonds is 6. The molecule has 0 saturated heterocycles. The first-order valence-corrected chi connectivity index (χ1v) is 10.2. The van der Waals surface area contributed by atoms with Gasteiger partial charge in [0.2, 0.25) is 0 Å². The zero-order chi connectivity index (χ0) is 22.9. The van der Waals surface area contributed by atoms with Crippen molar-refractivity contribution in [3.8, 4) is 34.1 Å². The van der Waals surface area contributed by atoms with Gasteiger partial charge in [0, 0.05) is 37.5 Å². The zero-order valence-corrected chi connectivity index (χ0v) is 18.5. The normalized spacial score (nSPS) is 12.1. The lowest BCUT2D eigenvalue weighted by atomic mass is 10.0. The molecule has 0 saturated carbocycles. The number of nitrogens with zero attached hydrogens (tertiary/aromatic N) is 9. The van der Waals surface area contributed by atoms with E-state index in [0.717, 1.165) is 16.8 Å². The van der Waals surface area contributed by atoms with Crippen molar-refractivity contribution in [1.82, 2.24) is 44.9 Å². The van der Waals surface area contributed by atoms with Gasteiger partial charge in [-0.25, -0.2) is 19.6 Å². The van der Waals surface area contributed by atoms with Crippen LogP contribution in [-0.2, 0) is 14.1 Å². The number of tetrazole rings is 1. The fraction of sp³-hybridized carbons (Fsp3) is 0.227. The summed E-state index contributed by atoms with van der Waals surface area (Å²) >= 11 is 0. The number of pyridine rings is 1. The predicted octanol–water partition coefficient (Wildman–Crippen LogP) is 2.76. The Morgan fingerprint density at radius 1 is 1.03 bits per heavy atom. The van der Waals surface area contributed by atoms with Crippen molar-refractivity contribution in [2.24, 2.45) is 14.1 Å². The van der Waals surface area contributed by atoms with Crippen LogP contribution in [0.4, 0.5) is 0 Å². The number of aromatic nitrogens is 9. The highest BCUT2D eigenvalue weighted by molar-refractivity contribution is 5.94. The van der Waals surface area contributed by atoms with Crippen molar-refractivity contribution in [3.05, 3.63) is 54.7 Å². The molecule has 33 heavy (non-hydrogen) atoms. The van der Waals surface area contributed by atoms with E-state index in [-0.39, 0.29) is 0 Å². The molecular weight excluding hydrogens is 422 g/mol. The number of fused-ring (bicyclic) bond motifs is 1. The second kappa shape index (κ2) is 8.26. The van der Waals surface area contributed by atoms with Crippen LogP contribution < -0.4 is 9.47 Å². The van der Waals surface area contributed by atoms with Crippen molar-refractivity contribution < 1.29 is 9.47 Å². The van der Waals surface area contributed by atoms with Crippen LogP contribution in [0.3, 0.4) is 0 Å². The van der Waals surface area contributed by atoms with Gasteiger partial charge in [-0.2, -0.15) is 5.10 Å². The number of benzene rings is 1. The highest BCUT2D eigenvalue weighted by atomic mass is 16.5. The Hall–Kier alpha value is -4.41. The number of ether oxygens (including phenoxy) is 2. The molecule has 11 nitrogen and oxygen atoms in total. The third-order valence-electron chi connectivity index (χ3n) is 5.20. The molecule has 0 amide bonds. The van der Waals surface area contributed by atoms with Gasteiger partial charge in [-0.3, -0.25) is 4.68 Å². The molecule has 0 N–H and O–H groups in total. The van der Waals surface area contributed by atoms with Crippen LogP contribution in [0.25, 0.3) is 33.5 Å². The summed E-state index contributed by atoms with van der Waals surface area (Å²) in [6.07, 6.45) is 2.97. The van der Waals surface area contributed by atoms with Crippen LogP contribution in [0.15, 0.2) is 48.9 Å². The van der Waals surface area contributed by atoms with Crippen molar-refractivity contribution in [2.75, 3.05) is 7.11 Å². The van der Waals surface area contributed by atoms with Crippen LogP contribution in [0.2, 0.25) is 0 Å². The molecule has 4 heterocycles. The van der Waals surface area contributed by atoms with E-state index in [1.165, 1.54) is 6.33 Å². The summed E-state index contributed by atoms with van der Waals surface area (Å²) < 4.78 is 14.9. The molecule has 4 aromatic heterocycles. The third-order valence-corrected chi connectivity index (χ3v) is 5.20. The molecule has 0 fully saturated rings. The van der Waals surface area contributed by atoms with E-state index in [2.05, 4.69) is 30.6 Å². The molecular formula is C22H21N9O2. The Balaban J connectivity index is 1.65. The number of hydrogen-bond acceptors (Lipinski definition) is 9. The Kier molecular flexibility index (Phi) is 5.13. The summed E-state index contributed by atoms with van der Waals surface area (Å²) in [5.41, 5.74) is 4.46. The molecule has 0 bridgehead atoms. The first kappa shape index (κ1) is 20.5. The van der Waals surface area contributed by atoms with Crippen molar-refractivity contribution in [2.45, 2.75) is 13.0 Å². The molecule has 5 rings (SSSR count). The van der Waals surface area contributed by atoms with E-state index in [0.29, 0.717) is 34.2 Å². The summed E-state index contributed by atoms with van der Waals surface area (Å²) in [6, 6.07) is 11.7. The summed E-state index contributed by atoms with van der Waals surface area (Å²) in [5, 5.41) is 16.2. The number of hydrogen-bond donors (Lipinski definition) is 0. The Morgan fingerprint density at radius 3 is 2.58 bits per heavy atom. The molecule has 5 aromatic rings. The van der Waals surface area contributed by atoms with Gasteiger partial charge in [0.15, 0.2) is 17.7 Å². The standard InChI is InChI=1S/C22H21N9O2/c1-13(21-26-28-29-31(21)3)33-22-17(32-4)10-16-20(25-22)19(24-12-23-16)15-11-30(2)27-18(15)14-8-6-5-7-9-14/h5-13H,1-4H3/t13-/m1/s1. The average molecular weight is 443 g/mol. The van der Waals surface area contributed by atoms with Gasteiger partial charge in [-0.15, -0.1) is 5.10 Å². The van der Waals surface area contributed by atoms with Gasteiger partial charge >= 0.3 is 0 Å². The number of aryl methyl sites for hydroxylation is 2. The molecule has 166 valence electrons.